The standard InChI is InChI=1S/C12H15ClO4/c1-3-16-12(15)11(8(2)14)17-10-6-4-9(13)5-7-10/h4-8,11,14H,3H2,1-2H3/t8-,11+/m1/s1. The highest BCUT2D eigenvalue weighted by molar-refractivity contribution is 6.30. The Balaban J connectivity index is 2.73. The Kier molecular flexibility index (Phi) is 5.25. The van der Waals surface area contributed by atoms with E-state index in [4.69, 9.17) is 21.1 Å². The molecule has 17 heavy (non-hydrogen) atoms. The number of hydrogen-bond acceptors (Lipinski definition) is 4. The predicted molar refractivity (Wildman–Crippen MR) is 64.2 cm³/mol. The van der Waals surface area contributed by atoms with Crippen LogP contribution in [0.5, 0.6) is 5.75 Å². The number of benzene rings is 1. The maximum absolute atomic E-state index is 11.5. The van der Waals surface area contributed by atoms with Crippen molar-refractivity contribution in [3.63, 3.8) is 0 Å². The van der Waals surface area contributed by atoms with Crippen LogP contribution in [0.15, 0.2) is 24.3 Å². The van der Waals surface area contributed by atoms with Crippen LogP contribution in [0.4, 0.5) is 0 Å². The third-order valence-corrected chi connectivity index (χ3v) is 2.29. The summed E-state index contributed by atoms with van der Waals surface area (Å²) in [5, 5.41) is 10.0. The number of carbonyl (C=O) groups excluding carboxylic acids is 1. The molecule has 0 heterocycles. The number of rotatable bonds is 5. The van der Waals surface area contributed by atoms with Crippen LogP contribution in [-0.4, -0.2) is 29.9 Å². The van der Waals surface area contributed by atoms with E-state index in [1.807, 2.05) is 0 Å². The van der Waals surface area contributed by atoms with Gasteiger partial charge in [0.25, 0.3) is 0 Å². The van der Waals surface area contributed by atoms with Crippen LogP contribution in [-0.2, 0) is 9.53 Å². The normalized spacial score (nSPS) is 13.9. The molecule has 4 nitrogen and oxygen atoms in total. The van der Waals surface area contributed by atoms with Crippen molar-refractivity contribution in [3.8, 4) is 5.75 Å². The first-order valence-corrected chi connectivity index (χ1v) is 5.69. The largest absolute Gasteiger partial charge is 0.476 e. The number of halogens is 1. The van der Waals surface area contributed by atoms with Crippen molar-refractivity contribution < 1.29 is 19.4 Å². The summed E-state index contributed by atoms with van der Waals surface area (Å²) in [7, 11) is 0. The molecule has 0 bridgehead atoms. The van der Waals surface area contributed by atoms with Crippen LogP contribution in [0, 0.1) is 0 Å². The van der Waals surface area contributed by atoms with Gasteiger partial charge in [0.1, 0.15) is 5.75 Å². The molecule has 0 aromatic heterocycles. The number of aliphatic hydroxyl groups is 1. The molecule has 0 aliphatic carbocycles. The minimum Gasteiger partial charge on any atom is -0.476 e. The highest BCUT2D eigenvalue weighted by atomic mass is 35.5. The lowest BCUT2D eigenvalue weighted by molar-refractivity contribution is -0.156. The molecule has 0 unspecified atom stereocenters. The van der Waals surface area contributed by atoms with E-state index in [1.165, 1.54) is 6.92 Å². The molecule has 1 aromatic carbocycles. The molecule has 0 radical (unpaired) electrons. The molecule has 0 aliphatic rings. The summed E-state index contributed by atoms with van der Waals surface area (Å²) < 4.78 is 10.2. The minimum atomic E-state index is -1.03. The molecule has 1 rings (SSSR count). The molecular weight excluding hydrogens is 244 g/mol. The molecule has 1 aromatic rings. The van der Waals surface area contributed by atoms with Gasteiger partial charge < -0.3 is 14.6 Å². The van der Waals surface area contributed by atoms with Crippen LogP contribution < -0.4 is 4.74 Å². The number of esters is 1. The van der Waals surface area contributed by atoms with Crippen LogP contribution in [0.1, 0.15) is 13.8 Å². The second-order valence-corrected chi connectivity index (χ2v) is 3.92. The molecule has 0 fully saturated rings. The van der Waals surface area contributed by atoms with E-state index < -0.39 is 18.2 Å². The van der Waals surface area contributed by atoms with Gasteiger partial charge in [0.15, 0.2) is 0 Å². The SMILES string of the molecule is CCOC(=O)[C@@H](Oc1ccc(Cl)cc1)[C@@H](C)O. The van der Waals surface area contributed by atoms with Gasteiger partial charge in [-0.2, -0.15) is 0 Å². The Hall–Kier alpha value is -1.26. The number of aliphatic hydroxyl groups excluding tert-OH is 1. The molecule has 94 valence electrons. The average molecular weight is 259 g/mol. The van der Waals surface area contributed by atoms with Crippen LogP contribution >= 0.6 is 11.6 Å². The summed E-state index contributed by atoms with van der Waals surface area (Å²) in [5.74, 6) is -0.134. The van der Waals surface area contributed by atoms with Crippen LogP contribution in [0.25, 0.3) is 0 Å². The topological polar surface area (TPSA) is 55.8 Å². The second-order valence-electron chi connectivity index (χ2n) is 3.49. The van der Waals surface area contributed by atoms with E-state index >= 15 is 0 Å². The van der Waals surface area contributed by atoms with Gasteiger partial charge in [0.2, 0.25) is 6.10 Å². The molecule has 5 heteroatoms. The first-order chi connectivity index (χ1) is 8.04. The van der Waals surface area contributed by atoms with E-state index in [0.717, 1.165) is 0 Å². The summed E-state index contributed by atoms with van der Waals surface area (Å²) in [5.41, 5.74) is 0. The fourth-order valence-electron chi connectivity index (χ4n) is 1.23. The van der Waals surface area contributed by atoms with Crippen molar-refractivity contribution >= 4 is 17.6 Å². The van der Waals surface area contributed by atoms with E-state index in [9.17, 15) is 9.90 Å². The van der Waals surface area contributed by atoms with E-state index in [-0.39, 0.29) is 6.61 Å². The zero-order chi connectivity index (χ0) is 12.8. The minimum absolute atomic E-state index is 0.242. The van der Waals surface area contributed by atoms with Gasteiger partial charge in [-0.25, -0.2) is 4.79 Å². The molecular formula is C12H15ClO4. The maximum atomic E-state index is 11.5. The fraction of sp³-hybridized carbons (Fsp3) is 0.417. The number of ether oxygens (including phenoxy) is 2. The van der Waals surface area contributed by atoms with Gasteiger partial charge >= 0.3 is 5.97 Å². The number of hydrogen-bond donors (Lipinski definition) is 1. The Bertz CT molecular complexity index is 361. The van der Waals surface area contributed by atoms with Gasteiger partial charge in [-0.05, 0) is 38.1 Å². The molecule has 0 saturated carbocycles. The Morgan fingerprint density at radius 3 is 2.47 bits per heavy atom. The zero-order valence-electron chi connectivity index (χ0n) is 9.72. The Morgan fingerprint density at radius 2 is 2.00 bits per heavy atom. The third-order valence-electron chi connectivity index (χ3n) is 2.03. The van der Waals surface area contributed by atoms with Gasteiger partial charge in [0.05, 0.1) is 12.7 Å². The maximum Gasteiger partial charge on any atom is 0.350 e. The van der Waals surface area contributed by atoms with E-state index in [1.54, 1.807) is 31.2 Å². The van der Waals surface area contributed by atoms with Crippen molar-refractivity contribution in [1.29, 1.82) is 0 Å². The van der Waals surface area contributed by atoms with E-state index in [0.29, 0.717) is 10.8 Å². The second kappa shape index (κ2) is 6.47. The average Bonchev–Trinajstić information content (AvgIpc) is 2.28. The molecule has 0 saturated heterocycles. The summed E-state index contributed by atoms with van der Waals surface area (Å²) in [6, 6.07) is 6.52. The van der Waals surface area contributed by atoms with Gasteiger partial charge in [-0.3, -0.25) is 0 Å². The monoisotopic (exact) mass is 258 g/mol. The quantitative estimate of drug-likeness (QED) is 0.821. The smallest absolute Gasteiger partial charge is 0.350 e. The van der Waals surface area contributed by atoms with Crippen LogP contribution in [0.3, 0.4) is 0 Å². The van der Waals surface area contributed by atoms with Crippen molar-refractivity contribution in [2.75, 3.05) is 6.61 Å². The molecule has 1 N–H and O–H groups in total. The summed E-state index contributed by atoms with van der Waals surface area (Å²) in [4.78, 5) is 11.5. The van der Waals surface area contributed by atoms with Crippen molar-refractivity contribution in [3.05, 3.63) is 29.3 Å². The third kappa shape index (κ3) is 4.24. The van der Waals surface area contributed by atoms with Gasteiger partial charge in [-0.15, -0.1) is 0 Å². The number of carbonyl (C=O) groups is 1. The summed E-state index contributed by atoms with van der Waals surface area (Å²) >= 11 is 5.73. The van der Waals surface area contributed by atoms with E-state index in [2.05, 4.69) is 0 Å². The molecule has 0 aliphatic heterocycles. The fourth-order valence-corrected chi connectivity index (χ4v) is 1.35. The Labute approximate surface area is 105 Å². The first kappa shape index (κ1) is 13.8. The lowest BCUT2D eigenvalue weighted by Crippen LogP contribution is -2.38. The van der Waals surface area contributed by atoms with Crippen molar-refractivity contribution in [2.24, 2.45) is 0 Å². The van der Waals surface area contributed by atoms with Crippen molar-refractivity contribution in [2.45, 2.75) is 26.1 Å². The summed E-state index contributed by atoms with van der Waals surface area (Å²) in [6.07, 6.45) is -1.99. The predicted octanol–water partition coefficient (Wildman–Crippen LogP) is 2.03. The highest BCUT2D eigenvalue weighted by Crippen LogP contribution is 2.18. The summed E-state index contributed by atoms with van der Waals surface area (Å²) in [6.45, 7) is 3.41. The lowest BCUT2D eigenvalue weighted by atomic mass is 10.2. The molecule has 0 amide bonds. The van der Waals surface area contributed by atoms with Crippen LogP contribution in [0.2, 0.25) is 5.02 Å². The zero-order valence-corrected chi connectivity index (χ0v) is 10.5. The van der Waals surface area contributed by atoms with Gasteiger partial charge in [-0.1, -0.05) is 11.6 Å². The first-order valence-electron chi connectivity index (χ1n) is 5.31. The molecule has 2 atom stereocenters. The van der Waals surface area contributed by atoms with Crippen molar-refractivity contribution in [1.82, 2.24) is 0 Å². The molecule has 0 spiro atoms. The Morgan fingerprint density at radius 1 is 1.41 bits per heavy atom. The highest BCUT2D eigenvalue weighted by Gasteiger charge is 2.27. The lowest BCUT2D eigenvalue weighted by Gasteiger charge is -2.19. The van der Waals surface area contributed by atoms with Gasteiger partial charge in [0, 0.05) is 5.02 Å².